The normalized spacial score (nSPS) is 16.3. The predicted molar refractivity (Wildman–Crippen MR) is 89.9 cm³/mol. The highest BCUT2D eigenvalue weighted by atomic mass is 35.5. The van der Waals surface area contributed by atoms with Gasteiger partial charge in [-0.25, -0.2) is 0 Å². The third-order valence-corrected chi connectivity index (χ3v) is 3.66. The highest BCUT2D eigenvalue weighted by Crippen LogP contribution is 2.36. The van der Waals surface area contributed by atoms with Crippen LogP contribution < -0.4 is 10.1 Å². The maximum atomic E-state index is 13.2. The molecule has 142 valence electrons. The van der Waals surface area contributed by atoms with Gasteiger partial charge in [0.05, 0.1) is 18.5 Å². The van der Waals surface area contributed by atoms with E-state index < -0.39 is 18.6 Å². The number of para-hydroxylation sites is 1. The molecule has 0 bridgehead atoms. The van der Waals surface area contributed by atoms with Gasteiger partial charge >= 0.3 is 12.5 Å². The first-order valence-electron chi connectivity index (χ1n) is 7.21. The van der Waals surface area contributed by atoms with E-state index in [9.17, 15) is 17.6 Å². The molecule has 1 aliphatic rings. The van der Waals surface area contributed by atoms with Crippen LogP contribution in [0.1, 0.15) is 18.0 Å². The van der Waals surface area contributed by atoms with Crippen LogP contribution in [0.25, 0.3) is 0 Å². The van der Waals surface area contributed by atoms with Crippen LogP contribution >= 0.6 is 24.8 Å². The third-order valence-electron chi connectivity index (χ3n) is 3.66. The van der Waals surface area contributed by atoms with Crippen LogP contribution in [0.3, 0.4) is 0 Å². The molecule has 0 radical (unpaired) electrons. The van der Waals surface area contributed by atoms with E-state index in [0.29, 0.717) is 31.7 Å². The summed E-state index contributed by atoms with van der Waals surface area (Å²) in [5.74, 6) is -0.323. The average molecular weight is 404 g/mol. The molecule has 0 aliphatic carbocycles. The Bertz CT molecular complexity index is 566. The average Bonchev–Trinajstić information content (AvgIpc) is 2.54. The Morgan fingerprint density at radius 3 is 2.36 bits per heavy atom. The number of hydrogen-bond donors (Lipinski definition) is 1. The van der Waals surface area contributed by atoms with E-state index in [2.05, 4.69) is 10.1 Å². The number of nitrogens with zero attached hydrogens (tertiary/aromatic N) is 2. The van der Waals surface area contributed by atoms with E-state index in [1.165, 1.54) is 18.2 Å². The number of rotatable bonds is 6. The van der Waals surface area contributed by atoms with Crippen LogP contribution in [0.4, 0.5) is 17.6 Å². The number of benzene rings is 1. The van der Waals surface area contributed by atoms with Gasteiger partial charge in [-0.15, -0.1) is 24.8 Å². The van der Waals surface area contributed by atoms with Crippen LogP contribution in [-0.2, 0) is 0 Å². The molecule has 2 rings (SSSR count). The summed E-state index contributed by atoms with van der Waals surface area (Å²) in [7, 11) is 0. The summed E-state index contributed by atoms with van der Waals surface area (Å²) in [6, 6.07) is 7.33. The summed E-state index contributed by atoms with van der Waals surface area (Å²) >= 11 is 0. The van der Waals surface area contributed by atoms with Crippen LogP contribution in [0.5, 0.6) is 5.75 Å². The van der Waals surface area contributed by atoms with Crippen LogP contribution in [0.2, 0.25) is 0 Å². The predicted octanol–water partition coefficient (Wildman–Crippen LogP) is 3.63. The Hall–Kier alpha value is -1.27. The van der Waals surface area contributed by atoms with E-state index in [1.807, 2.05) is 11.0 Å². The van der Waals surface area contributed by atoms with E-state index >= 15 is 0 Å². The number of halogens is 6. The lowest BCUT2D eigenvalue weighted by molar-refractivity contribution is -0.253. The third kappa shape index (κ3) is 6.19. The number of nitriles is 1. The monoisotopic (exact) mass is 403 g/mol. The molecule has 1 aliphatic heterocycles. The van der Waals surface area contributed by atoms with Crippen LogP contribution in [0.15, 0.2) is 24.3 Å². The largest absolute Gasteiger partial charge is 0.461 e. The fourth-order valence-electron chi connectivity index (χ4n) is 2.56. The Morgan fingerprint density at radius 1 is 1.20 bits per heavy atom. The second-order valence-electron chi connectivity index (χ2n) is 5.17. The topological polar surface area (TPSA) is 48.3 Å². The molecule has 1 saturated heterocycles. The zero-order valence-corrected chi connectivity index (χ0v) is 14.8. The van der Waals surface area contributed by atoms with Gasteiger partial charge in [0.1, 0.15) is 5.75 Å². The van der Waals surface area contributed by atoms with Crippen molar-refractivity contribution in [1.82, 2.24) is 10.2 Å². The van der Waals surface area contributed by atoms with Gasteiger partial charge in [0.15, 0.2) is 0 Å². The first kappa shape index (κ1) is 23.7. The van der Waals surface area contributed by atoms with Gasteiger partial charge < -0.3 is 10.1 Å². The number of alkyl halides is 4. The fourth-order valence-corrected chi connectivity index (χ4v) is 2.56. The van der Waals surface area contributed by atoms with Crippen LogP contribution in [-0.4, -0.2) is 43.6 Å². The van der Waals surface area contributed by atoms with Gasteiger partial charge in [-0.05, 0) is 6.07 Å². The highest BCUT2D eigenvalue weighted by Gasteiger charge is 2.44. The van der Waals surface area contributed by atoms with Crippen molar-refractivity contribution in [3.63, 3.8) is 0 Å². The Morgan fingerprint density at radius 2 is 1.80 bits per heavy atom. The summed E-state index contributed by atoms with van der Waals surface area (Å²) in [5.41, 5.74) is 0.316. The molecule has 1 aromatic carbocycles. The van der Waals surface area contributed by atoms with E-state index in [1.54, 1.807) is 6.07 Å². The van der Waals surface area contributed by atoms with Crippen molar-refractivity contribution in [3.05, 3.63) is 29.8 Å². The lowest BCUT2D eigenvalue weighted by Gasteiger charge is -2.35. The van der Waals surface area contributed by atoms with Crippen molar-refractivity contribution in [1.29, 1.82) is 5.26 Å². The maximum absolute atomic E-state index is 13.2. The molecule has 0 aromatic heterocycles. The molecule has 4 nitrogen and oxygen atoms in total. The lowest BCUT2D eigenvalue weighted by Crippen LogP contribution is -2.45. The molecule has 1 aromatic rings. The summed E-state index contributed by atoms with van der Waals surface area (Å²) in [5, 5.41) is 12.2. The first-order chi connectivity index (χ1) is 11.0. The fraction of sp³-hybridized carbons (Fsp3) is 0.533. The van der Waals surface area contributed by atoms with Gasteiger partial charge in [-0.1, -0.05) is 18.2 Å². The van der Waals surface area contributed by atoms with Crippen molar-refractivity contribution >= 4 is 24.8 Å². The Kier molecular flexibility index (Phi) is 10.1. The second-order valence-corrected chi connectivity index (χ2v) is 5.17. The molecule has 0 spiro atoms. The van der Waals surface area contributed by atoms with E-state index in [0.717, 1.165) is 0 Å². The van der Waals surface area contributed by atoms with E-state index in [-0.39, 0.29) is 37.0 Å². The maximum Gasteiger partial charge on any atom is 0.461 e. The van der Waals surface area contributed by atoms with Crippen molar-refractivity contribution in [3.8, 4) is 11.8 Å². The quantitative estimate of drug-likeness (QED) is 0.736. The molecular weight excluding hydrogens is 385 g/mol. The summed E-state index contributed by atoms with van der Waals surface area (Å²) in [6.45, 7) is 2.67. The molecule has 1 atom stereocenters. The molecule has 0 unspecified atom stereocenters. The van der Waals surface area contributed by atoms with Gasteiger partial charge in [0.2, 0.25) is 0 Å². The summed E-state index contributed by atoms with van der Waals surface area (Å²) in [4.78, 5) is 1.96. The first-order valence-corrected chi connectivity index (χ1v) is 7.21. The minimum absolute atomic E-state index is 0. The molecule has 10 heteroatoms. The molecule has 1 N–H and O–H groups in total. The van der Waals surface area contributed by atoms with Crippen molar-refractivity contribution in [2.24, 2.45) is 0 Å². The zero-order valence-electron chi connectivity index (χ0n) is 13.1. The van der Waals surface area contributed by atoms with Gasteiger partial charge in [-0.2, -0.15) is 22.8 Å². The molecular formula is C15H19Cl2F4N3O. The van der Waals surface area contributed by atoms with Gasteiger partial charge in [0, 0.05) is 31.7 Å². The standard InChI is InChI=1S/C15H17F4N3O.2ClH/c16-14(17)15(18,19)23-13-4-2-1-3-11(13)12(5-6-20)22-9-7-21-8-10-22;;/h1-4,12,14,21H,5,7-10H2;2*1H/t12-;;/m0../s1. The molecule has 0 saturated carbocycles. The van der Waals surface area contributed by atoms with Crippen molar-refractivity contribution in [2.75, 3.05) is 26.2 Å². The SMILES string of the molecule is Cl.Cl.N#CC[C@@H](c1ccccc1OC(F)(F)C(F)F)N1CCNCC1. The smallest absolute Gasteiger partial charge is 0.428 e. The Balaban J connectivity index is 0.00000288. The number of ether oxygens (including phenoxy) is 1. The molecule has 1 fully saturated rings. The minimum atomic E-state index is -4.57. The Labute approximate surface area is 155 Å². The van der Waals surface area contributed by atoms with Gasteiger partial charge in [0.25, 0.3) is 0 Å². The second kappa shape index (κ2) is 10.7. The lowest BCUT2D eigenvalue weighted by atomic mass is 10.0. The van der Waals surface area contributed by atoms with Gasteiger partial charge in [-0.3, -0.25) is 4.90 Å². The number of nitrogens with one attached hydrogen (secondary N) is 1. The minimum Gasteiger partial charge on any atom is -0.428 e. The molecule has 25 heavy (non-hydrogen) atoms. The number of piperazine rings is 1. The van der Waals surface area contributed by atoms with Crippen LogP contribution in [0, 0.1) is 11.3 Å². The molecule has 1 heterocycles. The highest BCUT2D eigenvalue weighted by molar-refractivity contribution is 5.85. The zero-order chi connectivity index (χ0) is 16.9. The van der Waals surface area contributed by atoms with Crippen molar-refractivity contribution < 1.29 is 22.3 Å². The summed E-state index contributed by atoms with van der Waals surface area (Å²) in [6.07, 6.45) is -8.44. The van der Waals surface area contributed by atoms with E-state index in [4.69, 9.17) is 5.26 Å². The molecule has 0 amide bonds. The van der Waals surface area contributed by atoms with Crippen molar-refractivity contribution in [2.45, 2.75) is 25.0 Å². The summed E-state index contributed by atoms with van der Waals surface area (Å²) < 4.78 is 55.5. The number of hydrogen-bond acceptors (Lipinski definition) is 4.